The van der Waals surface area contributed by atoms with Crippen molar-refractivity contribution >= 4 is 32.6 Å². The lowest BCUT2D eigenvalue weighted by molar-refractivity contribution is 0.102. The summed E-state index contributed by atoms with van der Waals surface area (Å²) in [6, 6.07) is 11.2. The van der Waals surface area contributed by atoms with Crippen LogP contribution in [-0.4, -0.2) is 33.9 Å². The minimum Gasteiger partial charge on any atom is -0.486 e. The van der Waals surface area contributed by atoms with E-state index in [2.05, 4.69) is 15.4 Å². The van der Waals surface area contributed by atoms with Gasteiger partial charge >= 0.3 is 0 Å². The van der Waals surface area contributed by atoms with Gasteiger partial charge in [0.15, 0.2) is 22.3 Å². The molecule has 0 fully saturated rings. The highest BCUT2D eigenvalue weighted by Gasteiger charge is 2.17. The lowest BCUT2D eigenvalue weighted by Crippen LogP contribution is -2.15. The fourth-order valence-electron chi connectivity index (χ4n) is 2.89. The van der Waals surface area contributed by atoms with Crippen LogP contribution >= 0.6 is 11.3 Å². The molecule has 7 nitrogen and oxygen atoms in total. The molecule has 0 radical (unpaired) electrons. The molecule has 9 heteroatoms. The maximum absolute atomic E-state index is 13.4. The average Bonchev–Trinajstić information content (AvgIpc) is 3.32. The third kappa shape index (κ3) is 3.05. The first-order valence-electron chi connectivity index (χ1n) is 8.49. The number of ether oxygens (including phenoxy) is 2. The van der Waals surface area contributed by atoms with Gasteiger partial charge in [-0.2, -0.15) is 5.10 Å². The number of rotatable bonds is 3. The first kappa shape index (κ1) is 16.7. The summed E-state index contributed by atoms with van der Waals surface area (Å²) < 4.78 is 26.8. The number of hydrogen-bond acceptors (Lipinski definition) is 6. The molecule has 1 N–H and O–H groups in total. The Kier molecular flexibility index (Phi) is 3.94. The molecule has 4 aromatic rings. The van der Waals surface area contributed by atoms with Crippen molar-refractivity contribution in [2.45, 2.75) is 0 Å². The smallest absolute Gasteiger partial charge is 0.277 e. The number of fused-ring (bicyclic) bond motifs is 2. The standard InChI is InChI=1S/C19H13FN4O3S/c20-11-2-1-3-12(8-11)24-5-4-13(23-24)18(25)22-19-21-14-9-15-16(10-17(14)28-19)27-7-6-26-15/h1-5,8-10H,6-7H2,(H,21,22,25). The largest absolute Gasteiger partial charge is 0.486 e. The van der Waals surface area contributed by atoms with Crippen molar-refractivity contribution in [2.24, 2.45) is 0 Å². The Morgan fingerprint density at radius 2 is 1.96 bits per heavy atom. The van der Waals surface area contributed by atoms with Gasteiger partial charge in [0.05, 0.1) is 15.9 Å². The van der Waals surface area contributed by atoms with Crippen molar-refractivity contribution in [1.82, 2.24) is 14.8 Å². The number of halogens is 1. The van der Waals surface area contributed by atoms with Gasteiger partial charge in [0.25, 0.3) is 5.91 Å². The summed E-state index contributed by atoms with van der Waals surface area (Å²) in [6.45, 7) is 1.01. The third-order valence-corrected chi connectivity index (χ3v) is 5.10. The van der Waals surface area contributed by atoms with Crippen molar-refractivity contribution in [2.75, 3.05) is 18.5 Å². The highest BCUT2D eigenvalue weighted by molar-refractivity contribution is 7.22. The van der Waals surface area contributed by atoms with E-state index in [0.29, 0.717) is 35.5 Å². The Morgan fingerprint density at radius 3 is 2.79 bits per heavy atom. The van der Waals surface area contributed by atoms with E-state index in [9.17, 15) is 9.18 Å². The molecule has 2 aromatic heterocycles. The van der Waals surface area contributed by atoms with Crippen LogP contribution in [0.2, 0.25) is 0 Å². The van der Waals surface area contributed by atoms with Gasteiger partial charge in [0, 0.05) is 18.3 Å². The van der Waals surface area contributed by atoms with Gasteiger partial charge in [0.1, 0.15) is 19.0 Å². The predicted octanol–water partition coefficient (Wildman–Crippen LogP) is 3.64. The van der Waals surface area contributed by atoms with E-state index in [-0.39, 0.29) is 11.5 Å². The Balaban J connectivity index is 1.38. The molecular formula is C19H13FN4O3S. The van der Waals surface area contributed by atoms with E-state index in [4.69, 9.17) is 9.47 Å². The fourth-order valence-corrected chi connectivity index (χ4v) is 3.76. The molecule has 0 atom stereocenters. The number of carbonyl (C=O) groups is 1. The lowest BCUT2D eigenvalue weighted by Gasteiger charge is -2.17. The second kappa shape index (κ2) is 6.61. The van der Waals surface area contributed by atoms with Gasteiger partial charge in [-0.15, -0.1) is 0 Å². The molecule has 2 aromatic carbocycles. The molecule has 0 saturated heterocycles. The Labute approximate surface area is 162 Å². The van der Waals surface area contributed by atoms with E-state index >= 15 is 0 Å². The van der Waals surface area contributed by atoms with Gasteiger partial charge in [-0.05, 0) is 24.3 Å². The second-order valence-corrected chi connectivity index (χ2v) is 7.09. The van der Waals surface area contributed by atoms with Crippen LogP contribution < -0.4 is 14.8 Å². The number of benzene rings is 2. The van der Waals surface area contributed by atoms with Gasteiger partial charge < -0.3 is 9.47 Å². The van der Waals surface area contributed by atoms with Crippen molar-refractivity contribution in [3.8, 4) is 17.2 Å². The van der Waals surface area contributed by atoms with E-state index in [0.717, 1.165) is 10.2 Å². The lowest BCUT2D eigenvalue weighted by atomic mass is 10.3. The molecule has 3 heterocycles. The normalized spacial score (nSPS) is 12.9. The van der Waals surface area contributed by atoms with Crippen LogP contribution in [0.3, 0.4) is 0 Å². The van der Waals surface area contributed by atoms with Crippen LogP contribution in [0.15, 0.2) is 48.7 Å². The van der Waals surface area contributed by atoms with Crippen LogP contribution in [-0.2, 0) is 0 Å². The molecule has 0 bridgehead atoms. The van der Waals surface area contributed by atoms with E-state index in [1.54, 1.807) is 30.5 Å². The van der Waals surface area contributed by atoms with Gasteiger partial charge in [0.2, 0.25) is 0 Å². The van der Waals surface area contributed by atoms with Gasteiger partial charge in [-0.1, -0.05) is 17.4 Å². The summed E-state index contributed by atoms with van der Waals surface area (Å²) in [5, 5.41) is 7.41. The summed E-state index contributed by atoms with van der Waals surface area (Å²) in [5.74, 6) is 0.556. The van der Waals surface area contributed by atoms with Crippen LogP contribution in [0.25, 0.3) is 15.9 Å². The van der Waals surface area contributed by atoms with E-state index in [1.807, 2.05) is 6.07 Å². The molecule has 0 spiro atoms. The first-order valence-corrected chi connectivity index (χ1v) is 9.30. The molecule has 5 rings (SSSR count). The van der Waals surface area contributed by atoms with Crippen molar-refractivity contribution in [1.29, 1.82) is 0 Å². The highest BCUT2D eigenvalue weighted by Crippen LogP contribution is 2.37. The Bertz CT molecular complexity index is 1160. The average molecular weight is 396 g/mol. The number of thiazole rings is 1. The third-order valence-electron chi connectivity index (χ3n) is 4.17. The summed E-state index contributed by atoms with van der Waals surface area (Å²) in [7, 11) is 0. The Morgan fingerprint density at radius 1 is 1.14 bits per heavy atom. The minimum absolute atomic E-state index is 0.203. The number of amides is 1. The zero-order valence-corrected chi connectivity index (χ0v) is 15.2. The maximum Gasteiger partial charge on any atom is 0.277 e. The molecule has 0 unspecified atom stereocenters. The Hall–Kier alpha value is -3.46. The summed E-state index contributed by atoms with van der Waals surface area (Å²) in [5.41, 5.74) is 1.45. The quantitative estimate of drug-likeness (QED) is 0.572. The zero-order valence-electron chi connectivity index (χ0n) is 14.4. The summed E-state index contributed by atoms with van der Waals surface area (Å²) in [4.78, 5) is 16.9. The van der Waals surface area contributed by atoms with Crippen LogP contribution in [0.4, 0.5) is 9.52 Å². The molecule has 28 heavy (non-hydrogen) atoms. The molecule has 0 aliphatic carbocycles. The van der Waals surface area contributed by atoms with E-state index in [1.165, 1.54) is 28.2 Å². The van der Waals surface area contributed by atoms with Crippen molar-refractivity contribution in [3.05, 3.63) is 60.2 Å². The first-order chi connectivity index (χ1) is 13.7. The van der Waals surface area contributed by atoms with Crippen molar-refractivity contribution < 1.29 is 18.7 Å². The van der Waals surface area contributed by atoms with Gasteiger partial charge in [-0.25, -0.2) is 14.1 Å². The van der Waals surface area contributed by atoms with Crippen molar-refractivity contribution in [3.63, 3.8) is 0 Å². The summed E-state index contributed by atoms with van der Waals surface area (Å²) in [6.07, 6.45) is 1.60. The SMILES string of the molecule is O=C(Nc1nc2cc3c(cc2s1)OCCO3)c1ccn(-c2cccc(F)c2)n1. The topological polar surface area (TPSA) is 78.3 Å². The number of aromatic nitrogens is 3. The highest BCUT2D eigenvalue weighted by atomic mass is 32.1. The molecule has 1 amide bonds. The molecular weight excluding hydrogens is 383 g/mol. The zero-order chi connectivity index (χ0) is 19.1. The number of hydrogen-bond donors (Lipinski definition) is 1. The van der Waals surface area contributed by atoms with Crippen LogP contribution in [0.1, 0.15) is 10.5 Å². The molecule has 0 saturated carbocycles. The minimum atomic E-state index is -0.397. The van der Waals surface area contributed by atoms with E-state index < -0.39 is 5.91 Å². The molecule has 1 aliphatic rings. The number of nitrogens with zero attached hydrogens (tertiary/aromatic N) is 3. The van der Waals surface area contributed by atoms with Crippen LogP contribution in [0.5, 0.6) is 11.5 Å². The number of nitrogens with one attached hydrogen (secondary N) is 1. The predicted molar refractivity (Wildman–Crippen MR) is 102 cm³/mol. The number of carbonyl (C=O) groups excluding carboxylic acids is 1. The maximum atomic E-state index is 13.4. The number of anilines is 1. The molecule has 1 aliphatic heterocycles. The fraction of sp³-hybridized carbons (Fsp3) is 0.105. The second-order valence-electron chi connectivity index (χ2n) is 6.06. The van der Waals surface area contributed by atoms with Crippen LogP contribution in [0, 0.1) is 5.82 Å². The summed E-state index contributed by atoms with van der Waals surface area (Å²) >= 11 is 1.34. The molecule has 140 valence electrons. The van der Waals surface area contributed by atoms with Gasteiger partial charge in [-0.3, -0.25) is 10.1 Å². The monoisotopic (exact) mass is 396 g/mol.